The molecule has 0 aliphatic heterocycles. The van der Waals surface area contributed by atoms with Crippen molar-refractivity contribution in [3.8, 4) is 0 Å². The third-order valence-corrected chi connectivity index (χ3v) is 2.13. The number of benzene rings is 1. The Morgan fingerprint density at radius 2 is 2.06 bits per heavy atom. The maximum Gasteiger partial charge on any atom is 0.322 e. The van der Waals surface area contributed by atoms with Crippen molar-refractivity contribution in [1.29, 1.82) is 0 Å². The lowest BCUT2D eigenvalue weighted by Gasteiger charge is -2.22. The fourth-order valence-corrected chi connectivity index (χ4v) is 1.36. The molecule has 0 saturated heterocycles. The van der Waals surface area contributed by atoms with E-state index in [4.69, 9.17) is 0 Å². The van der Waals surface area contributed by atoms with Crippen molar-refractivity contribution in [2.75, 3.05) is 11.4 Å². The summed E-state index contributed by atoms with van der Waals surface area (Å²) in [6.07, 6.45) is 0.515. The Hall–Kier alpha value is -1.98. The van der Waals surface area contributed by atoms with Gasteiger partial charge < -0.3 is 10.1 Å². The van der Waals surface area contributed by atoms with Crippen molar-refractivity contribution in [1.82, 2.24) is 5.32 Å². The van der Waals surface area contributed by atoms with Crippen LogP contribution in [0.2, 0.25) is 0 Å². The number of hydrogen-bond acceptors (Lipinski definition) is 2. The topological polar surface area (TPSA) is 49.4 Å². The van der Waals surface area contributed by atoms with Gasteiger partial charge in [-0.25, -0.2) is 13.6 Å². The number of carbonyl (C=O) groups excluding carboxylic acids is 2. The Morgan fingerprint density at radius 3 is 2.56 bits per heavy atom. The maximum atomic E-state index is 13.1. The lowest BCUT2D eigenvalue weighted by Crippen LogP contribution is -2.44. The van der Waals surface area contributed by atoms with Gasteiger partial charge in [-0.2, -0.15) is 0 Å². The lowest BCUT2D eigenvalue weighted by atomic mass is 10.2. The summed E-state index contributed by atoms with van der Waals surface area (Å²) in [5, 5.41) is 2.57. The third-order valence-electron chi connectivity index (χ3n) is 2.13. The molecule has 0 atom stereocenters. The molecule has 0 saturated carbocycles. The highest BCUT2D eigenvalue weighted by molar-refractivity contribution is 5.94. The molecule has 1 aromatic rings. The van der Waals surface area contributed by atoms with E-state index in [-0.39, 0.29) is 18.3 Å². The van der Waals surface area contributed by atoms with Crippen LogP contribution in [-0.2, 0) is 4.79 Å². The molecule has 1 aromatic carbocycles. The van der Waals surface area contributed by atoms with Crippen molar-refractivity contribution in [2.45, 2.75) is 19.9 Å². The van der Waals surface area contributed by atoms with Gasteiger partial charge in [0.1, 0.15) is 6.29 Å². The summed E-state index contributed by atoms with van der Waals surface area (Å²) in [5.41, 5.74) is 0.124. The van der Waals surface area contributed by atoms with Crippen LogP contribution in [0.15, 0.2) is 18.2 Å². The second-order valence-electron chi connectivity index (χ2n) is 3.98. The van der Waals surface area contributed by atoms with Gasteiger partial charge in [0.15, 0.2) is 11.6 Å². The molecule has 0 heterocycles. The summed E-state index contributed by atoms with van der Waals surface area (Å²) in [4.78, 5) is 23.4. The zero-order chi connectivity index (χ0) is 13.7. The first-order valence-corrected chi connectivity index (χ1v) is 5.42. The average Bonchev–Trinajstić information content (AvgIpc) is 2.29. The van der Waals surface area contributed by atoms with Gasteiger partial charge in [-0.15, -0.1) is 0 Å². The molecule has 1 rings (SSSR count). The van der Waals surface area contributed by atoms with Gasteiger partial charge in [-0.05, 0) is 26.0 Å². The number of amides is 2. The molecular formula is C12H14F2N2O2. The first-order valence-electron chi connectivity index (χ1n) is 5.42. The predicted molar refractivity (Wildman–Crippen MR) is 63.4 cm³/mol. The summed E-state index contributed by atoms with van der Waals surface area (Å²) in [6, 6.07) is 2.35. The molecule has 98 valence electrons. The van der Waals surface area contributed by atoms with E-state index in [9.17, 15) is 18.4 Å². The Kier molecular flexibility index (Phi) is 4.76. The molecule has 6 heteroatoms. The monoisotopic (exact) mass is 256 g/mol. The van der Waals surface area contributed by atoms with E-state index in [0.717, 1.165) is 17.0 Å². The van der Waals surface area contributed by atoms with Gasteiger partial charge >= 0.3 is 6.03 Å². The van der Waals surface area contributed by atoms with Crippen molar-refractivity contribution >= 4 is 18.0 Å². The molecule has 18 heavy (non-hydrogen) atoms. The molecule has 0 aliphatic rings. The number of hydrogen-bond donors (Lipinski definition) is 1. The van der Waals surface area contributed by atoms with Crippen LogP contribution in [-0.4, -0.2) is 24.9 Å². The Bertz CT molecular complexity index is 450. The van der Waals surface area contributed by atoms with Crippen molar-refractivity contribution in [3.05, 3.63) is 29.8 Å². The van der Waals surface area contributed by atoms with Crippen LogP contribution in [0.4, 0.5) is 19.3 Å². The van der Waals surface area contributed by atoms with E-state index in [1.54, 1.807) is 13.8 Å². The first-order chi connectivity index (χ1) is 8.45. The third kappa shape index (κ3) is 3.51. The molecule has 0 aliphatic carbocycles. The molecular weight excluding hydrogens is 242 g/mol. The SMILES string of the molecule is CC(C)NC(=O)N(CC=O)c1ccc(F)c(F)c1. The fourth-order valence-electron chi connectivity index (χ4n) is 1.36. The van der Waals surface area contributed by atoms with E-state index in [0.29, 0.717) is 6.29 Å². The number of halogens is 2. The number of nitrogens with one attached hydrogen (secondary N) is 1. The summed E-state index contributed by atoms with van der Waals surface area (Å²) in [6.45, 7) is 3.27. The van der Waals surface area contributed by atoms with Gasteiger partial charge in [-0.1, -0.05) is 0 Å². The predicted octanol–water partition coefficient (Wildman–Crippen LogP) is 2.09. The van der Waals surface area contributed by atoms with Crippen LogP contribution in [0.5, 0.6) is 0 Å². The molecule has 0 radical (unpaired) electrons. The highest BCUT2D eigenvalue weighted by atomic mass is 19.2. The van der Waals surface area contributed by atoms with E-state index < -0.39 is 17.7 Å². The molecule has 1 N–H and O–H groups in total. The van der Waals surface area contributed by atoms with Crippen molar-refractivity contribution < 1.29 is 18.4 Å². The molecule has 0 aromatic heterocycles. The minimum Gasteiger partial charge on any atom is -0.336 e. The van der Waals surface area contributed by atoms with Crippen LogP contribution < -0.4 is 10.2 Å². The van der Waals surface area contributed by atoms with Gasteiger partial charge in [0, 0.05) is 17.8 Å². The summed E-state index contributed by atoms with van der Waals surface area (Å²) >= 11 is 0. The Morgan fingerprint density at radius 1 is 1.39 bits per heavy atom. The highest BCUT2D eigenvalue weighted by Crippen LogP contribution is 2.17. The Balaban J connectivity index is 2.99. The second-order valence-corrected chi connectivity index (χ2v) is 3.98. The molecule has 0 bridgehead atoms. The smallest absolute Gasteiger partial charge is 0.322 e. The van der Waals surface area contributed by atoms with Gasteiger partial charge in [0.2, 0.25) is 0 Å². The maximum absolute atomic E-state index is 13.1. The normalized spacial score (nSPS) is 10.3. The fraction of sp³-hybridized carbons (Fsp3) is 0.333. The standard InChI is InChI=1S/C12H14F2N2O2/c1-8(2)15-12(18)16(5-6-17)9-3-4-10(13)11(14)7-9/h3-4,6-8H,5H2,1-2H3,(H,15,18). The van der Waals surface area contributed by atoms with Gasteiger partial charge in [-0.3, -0.25) is 4.90 Å². The number of anilines is 1. The van der Waals surface area contributed by atoms with Gasteiger partial charge in [0.05, 0.1) is 6.54 Å². The van der Waals surface area contributed by atoms with Gasteiger partial charge in [0.25, 0.3) is 0 Å². The molecule has 0 unspecified atom stereocenters. The number of rotatable bonds is 4. The van der Waals surface area contributed by atoms with Crippen LogP contribution in [0, 0.1) is 11.6 Å². The molecule has 4 nitrogen and oxygen atoms in total. The molecule has 0 spiro atoms. The van der Waals surface area contributed by atoms with Crippen LogP contribution in [0.25, 0.3) is 0 Å². The number of nitrogens with zero attached hydrogens (tertiary/aromatic N) is 1. The summed E-state index contributed by atoms with van der Waals surface area (Å²) < 4.78 is 25.9. The second kappa shape index (κ2) is 6.09. The zero-order valence-electron chi connectivity index (χ0n) is 10.1. The number of urea groups is 1. The Labute approximate surface area is 104 Å². The van der Waals surface area contributed by atoms with E-state index >= 15 is 0 Å². The average molecular weight is 256 g/mol. The van der Waals surface area contributed by atoms with Crippen molar-refractivity contribution in [3.63, 3.8) is 0 Å². The molecule has 0 fully saturated rings. The summed E-state index contributed by atoms with van der Waals surface area (Å²) in [7, 11) is 0. The van der Waals surface area contributed by atoms with Crippen molar-refractivity contribution in [2.24, 2.45) is 0 Å². The van der Waals surface area contributed by atoms with Crippen LogP contribution in [0.3, 0.4) is 0 Å². The lowest BCUT2D eigenvalue weighted by molar-refractivity contribution is -0.106. The molecule has 2 amide bonds. The minimum absolute atomic E-state index is 0.124. The van der Waals surface area contributed by atoms with Crippen LogP contribution >= 0.6 is 0 Å². The largest absolute Gasteiger partial charge is 0.336 e. The van der Waals surface area contributed by atoms with E-state index in [1.165, 1.54) is 6.07 Å². The first kappa shape index (κ1) is 14.1. The zero-order valence-corrected chi connectivity index (χ0v) is 10.1. The quantitative estimate of drug-likeness (QED) is 0.838. The minimum atomic E-state index is -1.07. The van der Waals surface area contributed by atoms with E-state index in [2.05, 4.69) is 5.32 Å². The number of carbonyl (C=O) groups is 2. The number of aldehydes is 1. The van der Waals surface area contributed by atoms with Crippen LogP contribution in [0.1, 0.15) is 13.8 Å². The highest BCUT2D eigenvalue weighted by Gasteiger charge is 2.17. The van der Waals surface area contributed by atoms with E-state index in [1.807, 2.05) is 0 Å². The summed E-state index contributed by atoms with van der Waals surface area (Å²) in [5.74, 6) is -2.07.